The fourth-order valence-electron chi connectivity index (χ4n) is 2.33. The number of nitrogens with one attached hydrogen (secondary N) is 1. The predicted octanol–water partition coefficient (Wildman–Crippen LogP) is 3.78. The first-order chi connectivity index (χ1) is 14.4. The average molecular weight is 449 g/mol. The van der Waals surface area contributed by atoms with Gasteiger partial charge in [-0.05, 0) is 41.5 Å². The summed E-state index contributed by atoms with van der Waals surface area (Å²) in [4.78, 5) is 23.6. The second-order valence-electron chi connectivity index (χ2n) is 5.88. The molecule has 2 aromatic rings. The minimum Gasteiger partial charge on any atom is -0.497 e. The summed E-state index contributed by atoms with van der Waals surface area (Å²) in [6.07, 6.45) is 1.35. The smallest absolute Gasteiger partial charge is 0.343 e. The molecule has 2 aromatic carbocycles. The van der Waals surface area contributed by atoms with Gasteiger partial charge in [-0.2, -0.15) is 5.26 Å². The van der Waals surface area contributed by atoms with Gasteiger partial charge in [0.15, 0.2) is 12.4 Å². The lowest BCUT2D eigenvalue weighted by Gasteiger charge is -2.10. The minimum absolute atomic E-state index is 0.100. The normalized spacial score (nSPS) is 10.7. The van der Waals surface area contributed by atoms with Gasteiger partial charge in [0.1, 0.15) is 17.4 Å². The van der Waals surface area contributed by atoms with Gasteiger partial charge in [0.25, 0.3) is 5.91 Å². The third-order valence-electron chi connectivity index (χ3n) is 3.87. The van der Waals surface area contributed by atoms with Crippen LogP contribution in [-0.2, 0) is 20.9 Å². The van der Waals surface area contributed by atoms with Crippen molar-refractivity contribution in [2.75, 3.05) is 20.8 Å². The van der Waals surface area contributed by atoms with Crippen molar-refractivity contribution in [3.05, 3.63) is 63.1 Å². The molecule has 0 aliphatic heterocycles. The monoisotopic (exact) mass is 448 g/mol. The number of carbonyl (C=O) groups excluding carboxylic acids is 2. The van der Waals surface area contributed by atoms with E-state index in [0.29, 0.717) is 11.3 Å². The molecule has 0 aliphatic rings. The number of methoxy groups -OCH3 is 2. The minimum atomic E-state index is -0.591. The number of hydrogen-bond donors (Lipinski definition) is 1. The molecular weight excluding hydrogens is 431 g/mol. The number of rotatable bonds is 8. The molecule has 7 nitrogen and oxygen atoms in total. The summed E-state index contributed by atoms with van der Waals surface area (Å²) in [6, 6.07) is 12.0. The molecule has 30 heavy (non-hydrogen) atoms. The van der Waals surface area contributed by atoms with E-state index in [-0.39, 0.29) is 34.5 Å². The van der Waals surface area contributed by atoms with Crippen molar-refractivity contribution >= 4 is 41.2 Å². The van der Waals surface area contributed by atoms with Crippen molar-refractivity contribution < 1.29 is 23.8 Å². The number of nitriles is 1. The molecule has 0 saturated carbocycles. The number of ether oxygens (including phenoxy) is 3. The first-order valence-corrected chi connectivity index (χ1v) is 9.35. The highest BCUT2D eigenvalue weighted by Gasteiger charge is 2.14. The summed E-state index contributed by atoms with van der Waals surface area (Å²) in [7, 11) is 2.79. The van der Waals surface area contributed by atoms with Crippen molar-refractivity contribution in [3.8, 4) is 17.6 Å². The van der Waals surface area contributed by atoms with Gasteiger partial charge in [0.05, 0.1) is 24.3 Å². The van der Waals surface area contributed by atoms with E-state index >= 15 is 0 Å². The Labute approximate surface area is 183 Å². The Morgan fingerprint density at radius 3 is 2.30 bits per heavy atom. The van der Waals surface area contributed by atoms with E-state index in [2.05, 4.69) is 10.1 Å². The van der Waals surface area contributed by atoms with Crippen molar-refractivity contribution in [1.82, 2.24) is 5.32 Å². The van der Waals surface area contributed by atoms with Crippen LogP contribution in [0.5, 0.6) is 11.5 Å². The lowest BCUT2D eigenvalue weighted by molar-refractivity contribution is -0.142. The molecule has 0 bridgehead atoms. The molecule has 1 amide bonds. The molecule has 0 fully saturated rings. The van der Waals surface area contributed by atoms with Gasteiger partial charge in [-0.25, -0.2) is 4.79 Å². The van der Waals surface area contributed by atoms with Crippen LogP contribution in [0.15, 0.2) is 42.0 Å². The number of esters is 1. The second kappa shape index (κ2) is 11.1. The van der Waals surface area contributed by atoms with Crippen LogP contribution in [0.4, 0.5) is 0 Å². The van der Waals surface area contributed by atoms with E-state index in [1.807, 2.05) is 18.2 Å². The molecule has 0 radical (unpaired) electrons. The van der Waals surface area contributed by atoms with Crippen LogP contribution >= 0.6 is 23.2 Å². The summed E-state index contributed by atoms with van der Waals surface area (Å²) in [5, 5.41) is 12.3. The van der Waals surface area contributed by atoms with Gasteiger partial charge in [-0.1, -0.05) is 35.3 Å². The van der Waals surface area contributed by atoms with Crippen LogP contribution in [0.1, 0.15) is 11.1 Å². The van der Waals surface area contributed by atoms with Crippen LogP contribution in [0, 0.1) is 11.3 Å². The molecule has 156 valence electrons. The zero-order valence-electron chi connectivity index (χ0n) is 16.2. The molecule has 0 saturated heterocycles. The summed E-state index contributed by atoms with van der Waals surface area (Å²) in [5.74, 6) is -0.336. The Balaban J connectivity index is 2.11. The Bertz CT molecular complexity index is 974. The number of amides is 1. The van der Waals surface area contributed by atoms with Gasteiger partial charge >= 0.3 is 5.97 Å². The van der Waals surface area contributed by atoms with E-state index in [9.17, 15) is 14.9 Å². The second-order valence-corrected chi connectivity index (χ2v) is 6.69. The first kappa shape index (κ1) is 23.1. The maximum Gasteiger partial charge on any atom is 0.343 e. The third-order valence-corrected chi connectivity index (χ3v) is 4.43. The van der Waals surface area contributed by atoms with Crippen LogP contribution in [-0.4, -0.2) is 32.7 Å². The van der Waals surface area contributed by atoms with E-state index in [4.69, 9.17) is 32.7 Å². The fourth-order valence-corrected chi connectivity index (χ4v) is 2.94. The van der Waals surface area contributed by atoms with Gasteiger partial charge in [0, 0.05) is 6.54 Å². The van der Waals surface area contributed by atoms with Crippen LogP contribution in [0.25, 0.3) is 6.08 Å². The summed E-state index contributed by atoms with van der Waals surface area (Å²) in [6.45, 7) is -0.119. The summed E-state index contributed by atoms with van der Waals surface area (Å²) in [5.41, 5.74) is 1.14. The summed E-state index contributed by atoms with van der Waals surface area (Å²) < 4.78 is 14.8. The standard InChI is InChI=1S/C21H18Cl2N2O5/c1-28-16-5-3-13(4-6-16)11-25-21(27)15(10-24)7-14-8-17(22)20(18(23)9-14)30-12-19(26)29-2/h3-9H,11-12H2,1-2H3,(H,25,27)/b15-7-. The molecule has 0 aliphatic carbocycles. The third kappa shape index (κ3) is 6.41. The number of hydrogen-bond acceptors (Lipinski definition) is 6. The Morgan fingerprint density at radius 2 is 1.77 bits per heavy atom. The fraction of sp³-hybridized carbons (Fsp3) is 0.190. The molecule has 0 heterocycles. The number of benzene rings is 2. The maximum absolute atomic E-state index is 12.4. The average Bonchev–Trinajstić information content (AvgIpc) is 2.75. The van der Waals surface area contributed by atoms with Crippen LogP contribution < -0.4 is 14.8 Å². The Kier molecular flexibility index (Phi) is 8.54. The van der Waals surface area contributed by atoms with Gasteiger partial charge in [-0.15, -0.1) is 0 Å². The van der Waals surface area contributed by atoms with E-state index in [1.165, 1.54) is 25.3 Å². The largest absolute Gasteiger partial charge is 0.497 e. The number of nitrogens with zero attached hydrogens (tertiary/aromatic N) is 1. The number of halogens is 2. The highest BCUT2D eigenvalue weighted by molar-refractivity contribution is 6.37. The van der Waals surface area contributed by atoms with Gasteiger partial charge in [0.2, 0.25) is 0 Å². The molecule has 0 unspecified atom stereocenters. The molecule has 0 atom stereocenters. The molecule has 1 N–H and O–H groups in total. The lowest BCUT2D eigenvalue weighted by atomic mass is 10.1. The van der Waals surface area contributed by atoms with Gasteiger partial charge in [-0.3, -0.25) is 4.79 Å². The molecular formula is C21H18Cl2N2O5. The van der Waals surface area contributed by atoms with Crippen LogP contribution in [0.3, 0.4) is 0 Å². The van der Waals surface area contributed by atoms with Crippen molar-refractivity contribution in [3.63, 3.8) is 0 Å². The van der Waals surface area contributed by atoms with Crippen molar-refractivity contribution in [2.45, 2.75) is 6.54 Å². The molecule has 0 spiro atoms. The van der Waals surface area contributed by atoms with Crippen molar-refractivity contribution in [2.24, 2.45) is 0 Å². The topological polar surface area (TPSA) is 97.7 Å². The maximum atomic E-state index is 12.4. The van der Waals surface area contributed by atoms with E-state index in [1.54, 1.807) is 19.2 Å². The van der Waals surface area contributed by atoms with Crippen molar-refractivity contribution in [1.29, 1.82) is 5.26 Å². The van der Waals surface area contributed by atoms with Gasteiger partial charge < -0.3 is 19.5 Å². The van der Waals surface area contributed by atoms with E-state index < -0.39 is 11.9 Å². The highest BCUT2D eigenvalue weighted by atomic mass is 35.5. The lowest BCUT2D eigenvalue weighted by Crippen LogP contribution is -2.23. The quantitative estimate of drug-likeness (QED) is 0.374. The van der Waals surface area contributed by atoms with E-state index in [0.717, 1.165) is 5.56 Å². The SMILES string of the molecule is COC(=O)COc1c(Cl)cc(/C=C(/C#N)C(=O)NCc2ccc(OC)cc2)cc1Cl. The highest BCUT2D eigenvalue weighted by Crippen LogP contribution is 2.35. The Morgan fingerprint density at radius 1 is 1.13 bits per heavy atom. The Hall–Kier alpha value is -3.21. The first-order valence-electron chi connectivity index (χ1n) is 8.59. The molecule has 2 rings (SSSR count). The zero-order chi connectivity index (χ0) is 22.1. The summed E-state index contributed by atoms with van der Waals surface area (Å²) >= 11 is 12.3. The van der Waals surface area contributed by atoms with Crippen LogP contribution in [0.2, 0.25) is 10.0 Å². The molecule has 9 heteroatoms. The molecule has 0 aromatic heterocycles. The zero-order valence-corrected chi connectivity index (χ0v) is 17.7. The predicted molar refractivity (Wildman–Crippen MR) is 112 cm³/mol. The number of carbonyl (C=O) groups is 2.